The second kappa shape index (κ2) is 9.98. The van der Waals surface area contributed by atoms with Gasteiger partial charge in [-0.1, -0.05) is 67.1 Å². The van der Waals surface area contributed by atoms with Crippen LogP contribution in [-0.2, 0) is 14.8 Å². The minimum Gasteiger partial charge on any atom is -0.348 e. The van der Waals surface area contributed by atoms with Crippen molar-refractivity contribution in [1.82, 2.24) is 5.32 Å². The molecule has 0 unspecified atom stereocenters. The average molecular weight is 457 g/mol. The Balaban J connectivity index is 1.93. The third kappa shape index (κ3) is 5.46. The second-order valence-electron chi connectivity index (χ2n) is 7.19. The Morgan fingerprint density at radius 2 is 1.58 bits per heavy atom. The molecule has 0 aliphatic carbocycles. The summed E-state index contributed by atoms with van der Waals surface area (Å²) in [6, 6.07) is 22.4. The minimum absolute atomic E-state index is 0.0723. The molecule has 7 heteroatoms. The zero-order valence-electron chi connectivity index (χ0n) is 17.5. The van der Waals surface area contributed by atoms with Gasteiger partial charge in [-0.15, -0.1) is 0 Å². The molecule has 0 aromatic heterocycles. The maximum atomic E-state index is 13.5. The quantitative estimate of drug-likeness (QED) is 0.512. The van der Waals surface area contributed by atoms with Crippen LogP contribution in [0.15, 0.2) is 83.8 Å². The number of benzene rings is 3. The molecule has 1 amide bonds. The van der Waals surface area contributed by atoms with Crippen molar-refractivity contribution in [3.8, 4) is 0 Å². The number of sulfonamides is 1. The van der Waals surface area contributed by atoms with E-state index in [0.717, 1.165) is 15.4 Å². The first-order chi connectivity index (χ1) is 14.8. The van der Waals surface area contributed by atoms with Crippen molar-refractivity contribution in [3.63, 3.8) is 0 Å². The lowest BCUT2D eigenvalue weighted by Crippen LogP contribution is -2.42. The zero-order valence-corrected chi connectivity index (χ0v) is 19.0. The molecule has 162 valence electrons. The van der Waals surface area contributed by atoms with Gasteiger partial charge in [-0.25, -0.2) is 8.42 Å². The number of carbonyl (C=O) groups excluding carboxylic acids is 1. The van der Waals surface area contributed by atoms with Crippen LogP contribution in [0.25, 0.3) is 0 Å². The van der Waals surface area contributed by atoms with E-state index in [-0.39, 0.29) is 23.4 Å². The van der Waals surface area contributed by atoms with E-state index in [9.17, 15) is 13.2 Å². The summed E-state index contributed by atoms with van der Waals surface area (Å²) in [4.78, 5) is 13.0. The fraction of sp³-hybridized carbons (Fsp3) is 0.208. The van der Waals surface area contributed by atoms with Crippen LogP contribution in [-0.4, -0.2) is 20.9 Å². The Morgan fingerprint density at radius 1 is 0.968 bits per heavy atom. The van der Waals surface area contributed by atoms with Gasteiger partial charge >= 0.3 is 0 Å². The van der Waals surface area contributed by atoms with Gasteiger partial charge < -0.3 is 5.32 Å². The van der Waals surface area contributed by atoms with Crippen molar-refractivity contribution in [2.45, 2.75) is 31.2 Å². The molecule has 0 fully saturated rings. The van der Waals surface area contributed by atoms with Crippen molar-refractivity contribution in [3.05, 3.63) is 95.0 Å². The number of aryl methyl sites for hydroxylation is 1. The van der Waals surface area contributed by atoms with Crippen LogP contribution in [0.1, 0.15) is 30.5 Å². The van der Waals surface area contributed by atoms with Crippen LogP contribution < -0.4 is 9.62 Å². The molecular formula is C24H25ClN2O3S. The summed E-state index contributed by atoms with van der Waals surface area (Å²) in [7, 11) is -3.98. The van der Waals surface area contributed by atoms with Gasteiger partial charge in [0.15, 0.2) is 0 Å². The van der Waals surface area contributed by atoms with Gasteiger partial charge in [0, 0.05) is 5.02 Å². The van der Waals surface area contributed by atoms with Crippen molar-refractivity contribution in [2.24, 2.45) is 0 Å². The highest BCUT2D eigenvalue weighted by Gasteiger charge is 2.28. The number of rotatable bonds is 8. The topological polar surface area (TPSA) is 66.5 Å². The van der Waals surface area contributed by atoms with E-state index in [4.69, 9.17) is 11.6 Å². The highest BCUT2D eigenvalue weighted by molar-refractivity contribution is 7.92. The van der Waals surface area contributed by atoms with E-state index >= 15 is 0 Å². The molecule has 0 saturated carbocycles. The minimum atomic E-state index is -3.98. The Labute approximate surface area is 188 Å². The predicted octanol–water partition coefficient (Wildman–Crippen LogP) is 5.11. The summed E-state index contributed by atoms with van der Waals surface area (Å²) in [5.74, 6) is -0.378. The standard InChI is InChI=1S/C24H25ClN2O3S/c1-3-22(19-10-5-4-6-11-19)26-24(28)17-27(23-12-8-7-9-18(23)2)31(29,30)21-15-13-20(25)14-16-21/h4-16,22H,3,17H2,1-2H3,(H,26,28)/t22-/m1/s1. The van der Waals surface area contributed by atoms with Gasteiger partial charge in [-0.05, 0) is 54.8 Å². The Kier molecular flexibility index (Phi) is 7.36. The second-order valence-corrected chi connectivity index (χ2v) is 9.49. The molecule has 0 heterocycles. The number of nitrogens with one attached hydrogen (secondary N) is 1. The Hall–Kier alpha value is -2.83. The van der Waals surface area contributed by atoms with Gasteiger partial charge in [-0.3, -0.25) is 9.10 Å². The SMILES string of the molecule is CC[C@@H](NC(=O)CN(c1ccccc1C)S(=O)(=O)c1ccc(Cl)cc1)c1ccccc1. The van der Waals surface area contributed by atoms with E-state index in [1.54, 1.807) is 12.1 Å². The van der Waals surface area contributed by atoms with Gasteiger partial charge in [0.1, 0.15) is 6.54 Å². The number of para-hydroxylation sites is 1. The summed E-state index contributed by atoms with van der Waals surface area (Å²) in [6.45, 7) is 3.46. The molecule has 3 aromatic carbocycles. The number of hydrogen-bond donors (Lipinski definition) is 1. The van der Waals surface area contributed by atoms with Crippen LogP contribution in [0.3, 0.4) is 0 Å². The summed E-state index contributed by atoms with van der Waals surface area (Å²) >= 11 is 5.93. The molecule has 31 heavy (non-hydrogen) atoms. The van der Waals surface area contributed by atoms with Crippen molar-refractivity contribution in [2.75, 3.05) is 10.8 Å². The first-order valence-electron chi connectivity index (χ1n) is 10.0. The Bertz CT molecular complexity index is 1130. The third-order valence-electron chi connectivity index (χ3n) is 5.02. The third-order valence-corrected chi connectivity index (χ3v) is 7.04. The van der Waals surface area contributed by atoms with E-state index < -0.39 is 10.0 Å². The molecule has 5 nitrogen and oxygen atoms in total. The number of amides is 1. The first kappa shape index (κ1) is 22.8. The van der Waals surface area contributed by atoms with Crippen LogP contribution in [0, 0.1) is 6.92 Å². The molecule has 3 rings (SSSR count). The van der Waals surface area contributed by atoms with Gasteiger partial charge in [-0.2, -0.15) is 0 Å². The summed E-state index contributed by atoms with van der Waals surface area (Å²) < 4.78 is 28.1. The lowest BCUT2D eigenvalue weighted by molar-refractivity contribution is -0.120. The normalized spacial score (nSPS) is 12.2. The highest BCUT2D eigenvalue weighted by atomic mass is 35.5. The number of nitrogens with zero attached hydrogens (tertiary/aromatic N) is 1. The highest BCUT2D eigenvalue weighted by Crippen LogP contribution is 2.27. The number of hydrogen-bond acceptors (Lipinski definition) is 3. The number of halogens is 1. The van der Waals surface area contributed by atoms with Crippen LogP contribution in [0.5, 0.6) is 0 Å². The number of anilines is 1. The van der Waals surface area contributed by atoms with E-state index in [0.29, 0.717) is 17.1 Å². The molecule has 0 saturated heterocycles. The van der Waals surface area contributed by atoms with Crippen LogP contribution in [0.4, 0.5) is 5.69 Å². The smallest absolute Gasteiger partial charge is 0.264 e. The van der Waals surface area contributed by atoms with E-state index in [1.807, 2.05) is 56.3 Å². The van der Waals surface area contributed by atoms with Gasteiger partial charge in [0.25, 0.3) is 10.0 Å². The first-order valence-corrected chi connectivity index (χ1v) is 11.8. The molecule has 0 aliphatic rings. The van der Waals surface area contributed by atoms with E-state index in [1.165, 1.54) is 24.3 Å². The van der Waals surface area contributed by atoms with Crippen LogP contribution >= 0.6 is 11.6 Å². The Morgan fingerprint density at radius 3 is 2.19 bits per heavy atom. The molecule has 0 spiro atoms. The fourth-order valence-electron chi connectivity index (χ4n) is 3.35. The van der Waals surface area contributed by atoms with Crippen molar-refractivity contribution < 1.29 is 13.2 Å². The summed E-state index contributed by atoms with van der Waals surface area (Å²) in [5, 5.41) is 3.41. The maximum absolute atomic E-state index is 13.5. The molecule has 0 bridgehead atoms. The summed E-state index contributed by atoms with van der Waals surface area (Å²) in [6.07, 6.45) is 0.685. The lowest BCUT2D eigenvalue weighted by Gasteiger charge is -2.27. The number of carbonyl (C=O) groups is 1. The van der Waals surface area contributed by atoms with Crippen LogP contribution in [0.2, 0.25) is 5.02 Å². The fourth-order valence-corrected chi connectivity index (χ4v) is 4.97. The maximum Gasteiger partial charge on any atom is 0.264 e. The molecular weight excluding hydrogens is 432 g/mol. The predicted molar refractivity (Wildman–Crippen MR) is 125 cm³/mol. The van der Waals surface area contributed by atoms with E-state index in [2.05, 4.69) is 5.32 Å². The molecule has 3 aromatic rings. The molecule has 1 atom stereocenters. The summed E-state index contributed by atoms with van der Waals surface area (Å²) in [5.41, 5.74) is 2.18. The molecule has 0 radical (unpaired) electrons. The van der Waals surface area contributed by atoms with Crippen molar-refractivity contribution >= 4 is 33.2 Å². The molecule has 0 aliphatic heterocycles. The largest absolute Gasteiger partial charge is 0.348 e. The monoisotopic (exact) mass is 456 g/mol. The molecule has 1 N–H and O–H groups in total. The lowest BCUT2D eigenvalue weighted by atomic mass is 10.0. The average Bonchev–Trinajstić information content (AvgIpc) is 2.77. The zero-order chi connectivity index (χ0) is 22.4. The van der Waals surface area contributed by atoms with Gasteiger partial charge in [0.05, 0.1) is 16.6 Å². The van der Waals surface area contributed by atoms with Gasteiger partial charge in [0.2, 0.25) is 5.91 Å². The van der Waals surface area contributed by atoms with Crippen molar-refractivity contribution in [1.29, 1.82) is 0 Å².